The van der Waals surface area contributed by atoms with Crippen LogP contribution in [-0.4, -0.2) is 36.4 Å². The van der Waals surface area contributed by atoms with Crippen LogP contribution in [0.4, 0.5) is 11.4 Å². The fourth-order valence-electron chi connectivity index (χ4n) is 5.00. The Labute approximate surface area is 227 Å². The summed E-state index contributed by atoms with van der Waals surface area (Å²) >= 11 is 5.86. The lowest BCUT2D eigenvalue weighted by Crippen LogP contribution is -2.29. The van der Waals surface area contributed by atoms with Gasteiger partial charge in [0.25, 0.3) is 0 Å². The lowest BCUT2D eigenvalue weighted by atomic mass is 9.96. The molecule has 4 heterocycles. The Balaban J connectivity index is 1.64. The first kappa shape index (κ1) is 25.8. The van der Waals surface area contributed by atoms with Gasteiger partial charge in [0.1, 0.15) is 11.5 Å². The van der Waals surface area contributed by atoms with E-state index in [9.17, 15) is 8.42 Å². The molecule has 0 aliphatic carbocycles. The smallest absolute Gasteiger partial charge is 0.229 e. The highest BCUT2D eigenvalue weighted by atomic mass is 32.2. The Kier molecular flexibility index (Phi) is 6.89. The molecule has 0 radical (unpaired) electrons. The highest BCUT2D eigenvalue weighted by molar-refractivity contribution is 7.92. The second-order valence-electron chi connectivity index (χ2n) is 9.25. The predicted molar refractivity (Wildman–Crippen MR) is 151 cm³/mol. The van der Waals surface area contributed by atoms with E-state index in [2.05, 4.69) is 39.5 Å². The number of methoxy groups -OCH3 is 1. The number of ether oxygens (including phenoxy) is 1. The van der Waals surface area contributed by atoms with Crippen molar-refractivity contribution in [3.8, 4) is 5.75 Å². The summed E-state index contributed by atoms with van der Waals surface area (Å²) in [6.07, 6.45) is 4.55. The molecule has 0 saturated carbocycles. The second-order valence-corrected chi connectivity index (χ2v) is 11.4. The van der Waals surface area contributed by atoms with Gasteiger partial charge in [-0.3, -0.25) is 9.71 Å². The summed E-state index contributed by atoms with van der Waals surface area (Å²) in [7, 11) is -2.04. The van der Waals surface area contributed by atoms with E-state index >= 15 is 0 Å². The molecule has 0 bridgehead atoms. The molecule has 38 heavy (non-hydrogen) atoms. The third-order valence-electron chi connectivity index (χ3n) is 6.68. The van der Waals surface area contributed by atoms with Crippen LogP contribution >= 0.6 is 12.2 Å². The average Bonchev–Trinajstić information content (AvgIpc) is 3.58. The van der Waals surface area contributed by atoms with Gasteiger partial charge < -0.3 is 23.9 Å². The van der Waals surface area contributed by atoms with Gasteiger partial charge in [0.05, 0.1) is 49.6 Å². The van der Waals surface area contributed by atoms with E-state index in [0.29, 0.717) is 28.8 Å². The van der Waals surface area contributed by atoms with Crippen molar-refractivity contribution in [3.05, 3.63) is 95.5 Å². The molecule has 1 aliphatic rings. The molecule has 5 rings (SSSR count). The molecule has 0 spiro atoms. The van der Waals surface area contributed by atoms with Gasteiger partial charge in [-0.2, -0.15) is 0 Å². The molecule has 1 fully saturated rings. The first-order valence-corrected chi connectivity index (χ1v) is 14.3. The third kappa shape index (κ3) is 4.99. The van der Waals surface area contributed by atoms with Crippen molar-refractivity contribution in [1.29, 1.82) is 0 Å². The molecular weight excluding hydrogens is 522 g/mol. The number of benzene rings is 1. The minimum atomic E-state index is -3.54. The van der Waals surface area contributed by atoms with Crippen molar-refractivity contribution >= 4 is 38.7 Å². The molecule has 2 N–H and O–H groups in total. The molecule has 0 unspecified atom stereocenters. The van der Waals surface area contributed by atoms with Gasteiger partial charge in [0, 0.05) is 23.3 Å². The number of anilines is 2. The summed E-state index contributed by atoms with van der Waals surface area (Å²) in [6, 6.07) is 16.7. The monoisotopic (exact) mass is 551 g/mol. The molecule has 1 saturated heterocycles. The summed E-state index contributed by atoms with van der Waals surface area (Å²) in [5.41, 5.74) is 5.13. The predicted octanol–water partition coefficient (Wildman–Crippen LogP) is 4.70. The summed E-state index contributed by atoms with van der Waals surface area (Å²) in [6.45, 7) is 4.77. The Morgan fingerprint density at radius 3 is 2.63 bits per heavy atom. The van der Waals surface area contributed by atoms with E-state index in [0.717, 1.165) is 34.7 Å². The molecule has 1 aliphatic heterocycles. The highest BCUT2D eigenvalue weighted by Gasteiger charge is 2.42. The molecular formula is C27H29N5O4S2. The Hall–Kier alpha value is -3.83. The molecule has 9 nitrogen and oxygen atoms in total. The summed E-state index contributed by atoms with van der Waals surface area (Å²) in [4.78, 5) is 6.64. The van der Waals surface area contributed by atoms with Crippen LogP contribution in [-0.2, 0) is 16.6 Å². The number of nitrogens with one attached hydrogen (secondary N) is 2. The van der Waals surface area contributed by atoms with Crippen molar-refractivity contribution in [2.75, 3.05) is 23.0 Å². The van der Waals surface area contributed by atoms with E-state index in [-0.39, 0.29) is 12.1 Å². The van der Waals surface area contributed by atoms with Crippen LogP contribution < -0.4 is 19.7 Å². The number of hydrogen-bond acceptors (Lipinski definition) is 6. The van der Waals surface area contributed by atoms with E-state index in [1.165, 1.54) is 7.11 Å². The lowest BCUT2D eigenvalue weighted by Gasteiger charge is -2.29. The van der Waals surface area contributed by atoms with Gasteiger partial charge in [-0.25, -0.2) is 8.42 Å². The number of nitrogens with zero attached hydrogens (tertiary/aromatic N) is 3. The number of hydrogen-bond donors (Lipinski definition) is 2. The first-order chi connectivity index (χ1) is 18.2. The van der Waals surface area contributed by atoms with E-state index in [4.69, 9.17) is 21.4 Å². The van der Waals surface area contributed by atoms with Gasteiger partial charge in [0.15, 0.2) is 5.11 Å². The zero-order valence-corrected chi connectivity index (χ0v) is 23.1. The Bertz CT molecular complexity index is 1570. The van der Waals surface area contributed by atoms with Crippen LogP contribution in [0.3, 0.4) is 0 Å². The fourth-order valence-corrected chi connectivity index (χ4v) is 5.91. The quantitative estimate of drug-likeness (QED) is 0.304. The normalized spacial score (nSPS) is 17.5. The van der Waals surface area contributed by atoms with Crippen molar-refractivity contribution in [1.82, 2.24) is 14.9 Å². The van der Waals surface area contributed by atoms with Crippen molar-refractivity contribution < 1.29 is 17.6 Å². The minimum absolute atomic E-state index is 0.241. The molecule has 2 atom stereocenters. The topological polar surface area (TPSA) is 102 Å². The third-order valence-corrected chi connectivity index (χ3v) is 7.59. The highest BCUT2D eigenvalue weighted by Crippen LogP contribution is 2.44. The number of rotatable bonds is 8. The zero-order chi connectivity index (χ0) is 27.0. The summed E-state index contributed by atoms with van der Waals surface area (Å²) in [5, 5.41) is 3.97. The van der Waals surface area contributed by atoms with Crippen LogP contribution in [0.1, 0.15) is 40.5 Å². The first-order valence-electron chi connectivity index (χ1n) is 12.0. The largest absolute Gasteiger partial charge is 0.495 e. The maximum Gasteiger partial charge on any atom is 0.229 e. The molecule has 198 valence electrons. The van der Waals surface area contributed by atoms with E-state index < -0.39 is 10.0 Å². The van der Waals surface area contributed by atoms with E-state index in [1.807, 2.05) is 41.3 Å². The van der Waals surface area contributed by atoms with Crippen LogP contribution in [0.2, 0.25) is 0 Å². The Morgan fingerprint density at radius 2 is 1.97 bits per heavy atom. The summed E-state index contributed by atoms with van der Waals surface area (Å²) < 4.78 is 39.9. The number of aryl methyl sites for hydroxylation is 1. The number of sulfonamides is 1. The van der Waals surface area contributed by atoms with Crippen LogP contribution in [0, 0.1) is 13.8 Å². The van der Waals surface area contributed by atoms with E-state index in [1.54, 1.807) is 24.6 Å². The minimum Gasteiger partial charge on any atom is -0.495 e. The Morgan fingerprint density at radius 1 is 1.16 bits per heavy atom. The zero-order valence-electron chi connectivity index (χ0n) is 21.5. The standard InChI is InChI=1S/C27H29N5O4S2/c1-17-14-21(18(2)31(17)16-20-8-7-13-36-20)26-25(22-9-5-6-12-28-22)29-27(37)32(26)19-10-11-24(35-3)23(15-19)30-38(4,33)34/h5-15,25-26,30H,16H2,1-4H3,(H,29,37)/t25-,26+/m1/s1. The molecule has 11 heteroatoms. The van der Waals surface area contributed by atoms with Crippen LogP contribution in [0.5, 0.6) is 5.75 Å². The number of thiocarbonyl (C=S) groups is 1. The summed E-state index contributed by atoms with van der Waals surface area (Å²) in [5.74, 6) is 1.27. The maximum atomic E-state index is 12.1. The van der Waals surface area contributed by atoms with Gasteiger partial charge in [-0.15, -0.1) is 0 Å². The van der Waals surface area contributed by atoms with Crippen molar-refractivity contribution in [2.24, 2.45) is 0 Å². The molecule has 0 amide bonds. The fraction of sp³-hybridized carbons (Fsp3) is 0.259. The lowest BCUT2D eigenvalue weighted by molar-refractivity contribution is 0.417. The maximum absolute atomic E-state index is 12.1. The van der Waals surface area contributed by atoms with Gasteiger partial charge in [-0.05, 0) is 80.2 Å². The van der Waals surface area contributed by atoms with Gasteiger partial charge in [-0.1, -0.05) is 6.07 Å². The van der Waals surface area contributed by atoms with Crippen molar-refractivity contribution in [3.63, 3.8) is 0 Å². The van der Waals surface area contributed by atoms with Gasteiger partial charge in [0.2, 0.25) is 10.0 Å². The average molecular weight is 552 g/mol. The number of aromatic nitrogens is 2. The van der Waals surface area contributed by atoms with Crippen LogP contribution in [0.15, 0.2) is 71.5 Å². The number of furan rings is 1. The van der Waals surface area contributed by atoms with Crippen molar-refractivity contribution in [2.45, 2.75) is 32.5 Å². The van der Waals surface area contributed by atoms with Gasteiger partial charge >= 0.3 is 0 Å². The molecule has 3 aromatic heterocycles. The SMILES string of the molecule is COc1ccc(N2C(=S)N[C@H](c3ccccn3)[C@@H]2c2cc(C)n(Cc3ccco3)c2C)cc1NS(C)(=O)=O. The molecule has 4 aromatic rings. The second kappa shape index (κ2) is 10.1. The molecule has 1 aromatic carbocycles. The number of pyridine rings is 1. The van der Waals surface area contributed by atoms with Crippen LogP contribution in [0.25, 0.3) is 0 Å².